The monoisotopic (exact) mass is 552 g/mol. The van der Waals surface area contributed by atoms with Gasteiger partial charge in [0.15, 0.2) is 17.5 Å². The third-order valence-electron chi connectivity index (χ3n) is 7.40. The third kappa shape index (κ3) is 6.03. The van der Waals surface area contributed by atoms with E-state index in [1.165, 1.54) is 17.7 Å². The minimum atomic E-state index is -1.12. The number of hydrogen-bond acceptors (Lipinski definition) is 6. The molecule has 2 aromatic carbocycles. The summed E-state index contributed by atoms with van der Waals surface area (Å²) in [6.07, 6.45) is 0. The van der Waals surface area contributed by atoms with Gasteiger partial charge in [-0.25, -0.2) is 4.79 Å². The second kappa shape index (κ2) is 12.8. The van der Waals surface area contributed by atoms with Crippen molar-refractivity contribution in [2.24, 2.45) is 5.92 Å². The number of carbonyl (C=O) groups excluding carboxylic acids is 1. The normalized spacial score (nSPS) is 19.0. The average molecular weight is 553 g/mol. The van der Waals surface area contributed by atoms with Crippen LogP contribution in [-0.2, 0) is 21.5 Å². The van der Waals surface area contributed by atoms with E-state index in [1.54, 1.807) is 12.1 Å². The highest BCUT2D eigenvalue weighted by atomic mass is 31.1. The van der Waals surface area contributed by atoms with Crippen LogP contribution in [0.4, 0.5) is 5.69 Å². The number of nitro groups is 1. The number of ether oxygens (including phenoxy) is 1. The first-order valence-corrected chi connectivity index (χ1v) is 14.0. The Balaban J connectivity index is 2.08. The van der Waals surface area contributed by atoms with Gasteiger partial charge in [0, 0.05) is 39.1 Å². The van der Waals surface area contributed by atoms with E-state index in [2.05, 4.69) is 17.0 Å². The van der Waals surface area contributed by atoms with Crippen molar-refractivity contribution in [1.82, 2.24) is 4.90 Å². The zero-order chi connectivity index (χ0) is 28.9. The molecule has 0 amide bonds. The molecule has 0 aromatic heterocycles. The third-order valence-corrected chi connectivity index (χ3v) is 8.27. The summed E-state index contributed by atoms with van der Waals surface area (Å²) in [6, 6.07) is 16.5. The molecule has 1 unspecified atom stereocenters. The molecule has 8 nitrogen and oxygen atoms in total. The van der Waals surface area contributed by atoms with Crippen molar-refractivity contribution in [2.45, 2.75) is 59.5 Å². The summed E-state index contributed by atoms with van der Waals surface area (Å²) in [7, 11) is 1.97. The molecule has 0 bridgehead atoms. The van der Waals surface area contributed by atoms with Crippen LogP contribution >= 0.6 is 8.43 Å². The molecule has 208 valence electrons. The molecule has 39 heavy (non-hydrogen) atoms. The van der Waals surface area contributed by atoms with Gasteiger partial charge < -0.3 is 9.63 Å². The highest BCUT2D eigenvalue weighted by molar-refractivity contribution is 7.38. The summed E-state index contributed by atoms with van der Waals surface area (Å²) in [4.78, 5) is 38.1. The van der Waals surface area contributed by atoms with Gasteiger partial charge in [-0.15, -0.1) is 0 Å². The number of allylic oxidation sites excluding steroid dienone is 1. The van der Waals surface area contributed by atoms with E-state index in [0.717, 1.165) is 18.0 Å². The topological polar surface area (TPSA) is 95.9 Å². The summed E-state index contributed by atoms with van der Waals surface area (Å²) in [5.74, 6) is -0.711. The van der Waals surface area contributed by atoms with Crippen LogP contribution < -0.4 is 0 Å². The second-order valence-corrected chi connectivity index (χ2v) is 11.2. The molecule has 0 saturated carbocycles. The summed E-state index contributed by atoms with van der Waals surface area (Å²) >= 11 is 0. The van der Waals surface area contributed by atoms with E-state index in [0.29, 0.717) is 23.0 Å². The Hall–Kier alpha value is -3.19. The van der Waals surface area contributed by atoms with Gasteiger partial charge in [-0.05, 0) is 37.9 Å². The molecule has 0 saturated heterocycles. The van der Waals surface area contributed by atoms with Crippen LogP contribution in [0.15, 0.2) is 65.9 Å². The zero-order valence-electron chi connectivity index (χ0n) is 23.8. The first-order chi connectivity index (χ1) is 18.5. The molecule has 0 aliphatic carbocycles. The predicted molar refractivity (Wildman–Crippen MR) is 156 cm³/mol. The number of nitro benzene ring substituents is 1. The SMILES string of the molecule is CC1=C(C(=O)OCCN(C)Cc2ccccc2)C(c2cccc([N+](=O)[O-])c2)(C(C)C)C(=PO)C(C)=[N+]1C(C)C. The lowest BCUT2D eigenvalue weighted by atomic mass is 9.61. The minimum absolute atomic E-state index is 0.00701. The lowest BCUT2D eigenvalue weighted by Crippen LogP contribution is -2.54. The smallest absolute Gasteiger partial charge is 0.341 e. The van der Waals surface area contributed by atoms with Crippen LogP contribution in [0.25, 0.3) is 0 Å². The first kappa shape index (κ1) is 30.4. The van der Waals surface area contributed by atoms with E-state index < -0.39 is 16.3 Å². The van der Waals surface area contributed by atoms with E-state index in [9.17, 15) is 19.8 Å². The van der Waals surface area contributed by atoms with Crippen LogP contribution in [0.5, 0.6) is 0 Å². The molecule has 1 aliphatic heterocycles. The van der Waals surface area contributed by atoms with Crippen molar-refractivity contribution in [2.75, 3.05) is 20.2 Å². The number of esters is 1. The number of likely N-dealkylation sites (N-methyl/N-ethyl adjacent to an activating group) is 1. The van der Waals surface area contributed by atoms with Gasteiger partial charge >= 0.3 is 5.97 Å². The fraction of sp³-hybridized carbons (Fsp3) is 0.433. The number of hydrogen-bond donors (Lipinski definition) is 1. The lowest BCUT2D eigenvalue weighted by molar-refractivity contribution is -0.511. The van der Waals surface area contributed by atoms with Crippen LogP contribution in [0.2, 0.25) is 0 Å². The molecule has 1 N–H and O–H groups in total. The van der Waals surface area contributed by atoms with Crippen molar-refractivity contribution < 1.29 is 23.9 Å². The van der Waals surface area contributed by atoms with Crippen molar-refractivity contribution in [3.05, 3.63) is 87.1 Å². The molecule has 1 aliphatic rings. The maximum atomic E-state index is 14.0. The lowest BCUT2D eigenvalue weighted by Gasteiger charge is -2.42. The van der Waals surface area contributed by atoms with Gasteiger partial charge in [0.25, 0.3) is 5.69 Å². The standard InChI is InChI=1S/C30H38N3O5P/c1-20(2)30(25-14-11-15-26(18-25)33(35)36)27(22(5)32(21(3)4)23(6)28(30)39-37)29(34)38-17-16-31(7)19-24-12-9-8-10-13-24/h8-15,18,20-21H,16-17,19H2,1-7H3/p+1. The van der Waals surface area contributed by atoms with E-state index in [-0.39, 0.29) is 32.7 Å². The Bertz CT molecular complexity index is 1320. The maximum Gasteiger partial charge on any atom is 0.341 e. The Morgan fingerprint density at radius 2 is 1.79 bits per heavy atom. The van der Waals surface area contributed by atoms with E-state index in [4.69, 9.17) is 4.74 Å². The fourth-order valence-electron chi connectivity index (χ4n) is 5.79. The highest BCUT2D eigenvalue weighted by Gasteiger charge is 2.56. The molecule has 0 radical (unpaired) electrons. The average Bonchev–Trinajstić information content (AvgIpc) is 2.88. The fourth-order valence-corrected chi connectivity index (χ4v) is 6.70. The first-order valence-electron chi connectivity index (χ1n) is 13.2. The predicted octanol–water partition coefficient (Wildman–Crippen LogP) is 5.36. The van der Waals surface area contributed by atoms with Gasteiger partial charge in [0.05, 0.1) is 24.1 Å². The maximum absolute atomic E-state index is 14.0. The Morgan fingerprint density at radius 1 is 1.13 bits per heavy atom. The van der Waals surface area contributed by atoms with Crippen molar-refractivity contribution in [3.8, 4) is 0 Å². The summed E-state index contributed by atoms with van der Waals surface area (Å²) in [5.41, 5.74) is 2.51. The van der Waals surface area contributed by atoms with Crippen LogP contribution in [-0.4, -0.2) is 62.5 Å². The number of nitrogens with zero attached hydrogens (tertiary/aromatic N) is 3. The Kier molecular flexibility index (Phi) is 9.94. The van der Waals surface area contributed by atoms with Crippen molar-refractivity contribution in [3.63, 3.8) is 0 Å². The summed E-state index contributed by atoms with van der Waals surface area (Å²) < 4.78 is 7.95. The number of rotatable bonds is 10. The number of carbonyl (C=O) groups is 1. The van der Waals surface area contributed by atoms with Crippen molar-refractivity contribution >= 4 is 31.1 Å². The molecule has 2 aromatic rings. The number of benzene rings is 2. The molecular weight excluding hydrogens is 513 g/mol. The molecule has 3 rings (SSSR count). The Morgan fingerprint density at radius 3 is 2.36 bits per heavy atom. The molecule has 0 fully saturated rings. The van der Waals surface area contributed by atoms with Crippen LogP contribution in [0, 0.1) is 16.0 Å². The van der Waals surface area contributed by atoms with Gasteiger partial charge in [-0.2, -0.15) is 4.58 Å². The molecule has 1 heterocycles. The van der Waals surface area contributed by atoms with Gasteiger partial charge in [0.2, 0.25) is 0 Å². The van der Waals surface area contributed by atoms with Gasteiger partial charge in [0.1, 0.15) is 12.2 Å². The largest absolute Gasteiger partial charge is 0.461 e. The molecule has 1 atom stereocenters. The van der Waals surface area contributed by atoms with E-state index >= 15 is 0 Å². The molecule has 0 spiro atoms. The summed E-state index contributed by atoms with van der Waals surface area (Å²) in [6.45, 7) is 13.2. The van der Waals surface area contributed by atoms with E-state index in [1.807, 2.05) is 71.4 Å². The molecular formula is C30H39N3O5P+. The van der Waals surface area contributed by atoms with Crippen LogP contribution in [0.3, 0.4) is 0 Å². The number of non-ortho nitro benzene ring substituents is 1. The van der Waals surface area contributed by atoms with Crippen molar-refractivity contribution in [1.29, 1.82) is 0 Å². The van der Waals surface area contributed by atoms with Gasteiger partial charge in [-0.1, -0.05) is 56.3 Å². The minimum Gasteiger partial charge on any atom is -0.461 e. The van der Waals surface area contributed by atoms with Gasteiger partial charge in [-0.3, -0.25) is 15.0 Å². The zero-order valence-corrected chi connectivity index (χ0v) is 24.7. The van der Waals surface area contributed by atoms with Crippen LogP contribution in [0.1, 0.15) is 52.7 Å². The quantitative estimate of drug-likeness (QED) is 0.140. The second-order valence-electron chi connectivity index (χ2n) is 10.6. The molecule has 9 heteroatoms. The highest BCUT2D eigenvalue weighted by Crippen LogP contribution is 2.47. The summed E-state index contributed by atoms with van der Waals surface area (Å²) in [5, 5.41) is 12.3. The Labute approximate surface area is 232 Å².